The fourth-order valence-corrected chi connectivity index (χ4v) is 6.36. The standard InChI is InChI=1S/C19H25F3O6/c20-4-14(23)26-10-17-1-13-2-18(7-17,11-27-15(24)5-21)9-19(3-13,8-17)12-28-16(25)6-22/h13H,1-12H2. The zero-order valence-corrected chi connectivity index (χ0v) is 15.6. The van der Waals surface area contributed by atoms with Gasteiger partial charge in [-0.2, -0.15) is 0 Å². The minimum Gasteiger partial charge on any atom is -0.463 e. The average Bonchev–Trinajstić information content (AvgIpc) is 2.67. The molecule has 0 aliphatic heterocycles. The van der Waals surface area contributed by atoms with Crippen molar-refractivity contribution in [2.45, 2.75) is 38.5 Å². The number of hydrogen-bond donors (Lipinski definition) is 0. The fraction of sp³-hybridized carbons (Fsp3) is 0.842. The first kappa shape index (κ1) is 20.9. The van der Waals surface area contributed by atoms with Crippen molar-refractivity contribution in [2.24, 2.45) is 22.2 Å². The first-order chi connectivity index (χ1) is 13.3. The fourth-order valence-electron chi connectivity index (χ4n) is 6.36. The molecule has 158 valence electrons. The van der Waals surface area contributed by atoms with Gasteiger partial charge in [0.05, 0.1) is 19.8 Å². The van der Waals surface area contributed by atoms with Crippen LogP contribution < -0.4 is 0 Å². The van der Waals surface area contributed by atoms with E-state index in [9.17, 15) is 27.6 Å². The van der Waals surface area contributed by atoms with E-state index in [0.717, 1.165) is 19.3 Å². The monoisotopic (exact) mass is 406 g/mol. The molecular formula is C19H25F3O6. The molecule has 0 aromatic heterocycles. The summed E-state index contributed by atoms with van der Waals surface area (Å²) in [5.74, 6) is -2.60. The highest BCUT2D eigenvalue weighted by Crippen LogP contribution is 2.70. The van der Waals surface area contributed by atoms with Crippen LogP contribution in [0.15, 0.2) is 0 Å². The van der Waals surface area contributed by atoms with Crippen molar-refractivity contribution in [2.75, 3.05) is 39.8 Å². The van der Waals surface area contributed by atoms with Crippen LogP contribution in [0.2, 0.25) is 0 Å². The summed E-state index contributed by atoms with van der Waals surface area (Å²) in [6.45, 7) is -3.54. The summed E-state index contributed by atoms with van der Waals surface area (Å²) in [7, 11) is 0. The Bertz CT molecular complexity index is 546. The number of ether oxygens (including phenoxy) is 3. The van der Waals surface area contributed by atoms with Crippen LogP contribution >= 0.6 is 0 Å². The molecule has 0 N–H and O–H groups in total. The van der Waals surface area contributed by atoms with Gasteiger partial charge >= 0.3 is 17.9 Å². The van der Waals surface area contributed by atoms with Crippen molar-refractivity contribution >= 4 is 17.9 Å². The Labute approximate surface area is 161 Å². The van der Waals surface area contributed by atoms with Crippen LogP contribution in [0.25, 0.3) is 0 Å². The van der Waals surface area contributed by atoms with Crippen LogP contribution in [0.1, 0.15) is 38.5 Å². The molecule has 0 spiro atoms. The zero-order chi connectivity index (χ0) is 20.4. The van der Waals surface area contributed by atoms with Gasteiger partial charge in [0.15, 0.2) is 20.0 Å². The smallest absolute Gasteiger partial charge is 0.337 e. The van der Waals surface area contributed by atoms with Gasteiger partial charge in [-0.3, -0.25) is 0 Å². The van der Waals surface area contributed by atoms with Crippen LogP contribution in [-0.4, -0.2) is 57.8 Å². The van der Waals surface area contributed by atoms with Crippen molar-refractivity contribution < 1.29 is 41.8 Å². The van der Waals surface area contributed by atoms with E-state index in [-0.39, 0.29) is 25.7 Å². The van der Waals surface area contributed by atoms with Gasteiger partial charge in [-0.15, -0.1) is 0 Å². The summed E-state index contributed by atoms with van der Waals surface area (Å²) in [6.07, 6.45) is 4.08. The van der Waals surface area contributed by atoms with Crippen LogP contribution in [0.4, 0.5) is 13.2 Å². The number of halogens is 3. The summed E-state index contributed by atoms with van der Waals surface area (Å²) < 4.78 is 52.9. The Morgan fingerprint density at radius 3 is 1.18 bits per heavy atom. The maximum absolute atomic E-state index is 12.5. The normalized spacial score (nSPS) is 35.5. The first-order valence-corrected chi connectivity index (χ1v) is 9.42. The summed E-state index contributed by atoms with van der Waals surface area (Å²) in [5, 5.41) is 0. The summed E-state index contributed by atoms with van der Waals surface area (Å²) in [4.78, 5) is 34.1. The van der Waals surface area contributed by atoms with E-state index in [0.29, 0.717) is 19.3 Å². The lowest BCUT2D eigenvalue weighted by atomic mass is 9.40. The van der Waals surface area contributed by atoms with E-state index < -0.39 is 54.2 Å². The summed E-state index contributed by atoms with van der Waals surface area (Å²) >= 11 is 0. The molecular weight excluding hydrogens is 381 g/mol. The van der Waals surface area contributed by atoms with Gasteiger partial charge in [-0.25, -0.2) is 27.6 Å². The Kier molecular flexibility index (Phi) is 5.91. The number of carbonyl (C=O) groups is 3. The highest BCUT2D eigenvalue weighted by Gasteiger charge is 2.64. The van der Waals surface area contributed by atoms with Crippen molar-refractivity contribution in [1.29, 1.82) is 0 Å². The van der Waals surface area contributed by atoms with Gasteiger partial charge in [0.2, 0.25) is 0 Å². The lowest BCUT2D eigenvalue weighted by Gasteiger charge is -2.66. The van der Waals surface area contributed by atoms with Crippen molar-refractivity contribution in [1.82, 2.24) is 0 Å². The zero-order valence-electron chi connectivity index (χ0n) is 15.6. The van der Waals surface area contributed by atoms with Crippen LogP contribution in [0, 0.1) is 22.2 Å². The van der Waals surface area contributed by atoms with Gasteiger partial charge in [0, 0.05) is 16.2 Å². The molecule has 6 nitrogen and oxygen atoms in total. The van der Waals surface area contributed by atoms with E-state index in [4.69, 9.17) is 14.2 Å². The molecule has 0 unspecified atom stereocenters. The molecule has 28 heavy (non-hydrogen) atoms. The molecule has 4 fully saturated rings. The van der Waals surface area contributed by atoms with Crippen LogP contribution in [0.5, 0.6) is 0 Å². The molecule has 4 bridgehead atoms. The maximum atomic E-state index is 12.5. The second-order valence-corrected chi connectivity index (χ2v) is 8.89. The Balaban J connectivity index is 1.81. The summed E-state index contributed by atoms with van der Waals surface area (Å²) in [6, 6.07) is 0. The highest BCUT2D eigenvalue weighted by atomic mass is 19.1. The van der Waals surface area contributed by atoms with Crippen LogP contribution in [0.3, 0.4) is 0 Å². The minimum absolute atomic E-state index is 0.0316. The number of rotatable bonds is 9. The number of hydrogen-bond acceptors (Lipinski definition) is 6. The lowest BCUT2D eigenvalue weighted by Crippen LogP contribution is -2.61. The van der Waals surface area contributed by atoms with E-state index in [1.165, 1.54) is 0 Å². The molecule has 0 amide bonds. The predicted octanol–water partition coefficient (Wildman–Crippen LogP) is 2.48. The van der Waals surface area contributed by atoms with E-state index in [2.05, 4.69) is 0 Å². The molecule has 9 heteroatoms. The first-order valence-electron chi connectivity index (χ1n) is 9.42. The molecule has 4 saturated carbocycles. The molecule has 0 heterocycles. The SMILES string of the molecule is O=C(CF)OCC12CC3CC(COC(=O)CF)(C1)CC(COC(=O)CF)(C3)C2. The molecule has 4 aliphatic rings. The third-order valence-electron chi connectivity index (χ3n) is 6.36. The van der Waals surface area contributed by atoms with Crippen molar-refractivity contribution in [3.05, 3.63) is 0 Å². The molecule has 0 atom stereocenters. The van der Waals surface area contributed by atoms with E-state index in [1.54, 1.807) is 0 Å². The van der Waals surface area contributed by atoms with E-state index in [1.807, 2.05) is 0 Å². The largest absolute Gasteiger partial charge is 0.463 e. The predicted molar refractivity (Wildman–Crippen MR) is 89.3 cm³/mol. The molecule has 0 radical (unpaired) electrons. The minimum atomic E-state index is -1.21. The van der Waals surface area contributed by atoms with Crippen molar-refractivity contribution in [3.63, 3.8) is 0 Å². The lowest BCUT2D eigenvalue weighted by molar-refractivity contribution is -0.213. The molecule has 0 aromatic carbocycles. The molecule has 4 aliphatic carbocycles. The quantitative estimate of drug-likeness (QED) is 0.432. The molecule has 0 saturated heterocycles. The molecule has 0 aromatic rings. The Morgan fingerprint density at radius 1 is 0.643 bits per heavy atom. The number of carbonyl (C=O) groups excluding carboxylic acids is 3. The summed E-state index contributed by atoms with van der Waals surface area (Å²) in [5.41, 5.74) is -1.35. The maximum Gasteiger partial charge on any atom is 0.337 e. The third-order valence-corrected chi connectivity index (χ3v) is 6.36. The van der Waals surface area contributed by atoms with Gasteiger partial charge in [-0.1, -0.05) is 0 Å². The average molecular weight is 406 g/mol. The van der Waals surface area contributed by atoms with E-state index >= 15 is 0 Å². The highest BCUT2D eigenvalue weighted by molar-refractivity contribution is 5.71. The van der Waals surface area contributed by atoms with Gasteiger partial charge < -0.3 is 14.2 Å². The van der Waals surface area contributed by atoms with Gasteiger partial charge in [-0.05, 0) is 44.4 Å². The number of alkyl halides is 3. The van der Waals surface area contributed by atoms with Gasteiger partial charge in [0.1, 0.15) is 0 Å². The Hall–Kier alpha value is -1.80. The van der Waals surface area contributed by atoms with Crippen LogP contribution in [-0.2, 0) is 28.6 Å². The van der Waals surface area contributed by atoms with Crippen molar-refractivity contribution in [3.8, 4) is 0 Å². The van der Waals surface area contributed by atoms with Gasteiger partial charge in [0.25, 0.3) is 0 Å². The number of esters is 3. The second kappa shape index (κ2) is 7.91. The Morgan fingerprint density at radius 2 is 0.929 bits per heavy atom. The second-order valence-electron chi connectivity index (χ2n) is 8.89. The third kappa shape index (κ3) is 4.27. The molecule has 4 rings (SSSR count). The topological polar surface area (TPSA) is 78.9 Å².